The van der Waals surface area contributed by atoms with Crippen LogP contribution in [0, 0.1) is 5.41 Å². The number of imidazole rings is 1. The highest BCUT2D eigenvalue weighted by Gasteiger charge is 2.53. The van der Waals surface area contributed by atoms with Gasteiger partial charge >= 0.3 is 5.97 Å². The number of hydrogen-bond acceptors (Lipinski definition) is 5. The van der Waals surface area contributed by atoms with Gasteiger partial charge in [0.2, 0.25) is 0 Å². The van der Waals surface area contributed by atoms with E-state index in [1.807, 2.05) is 19.2 Å². The van der Waals surface area contributed by atoms with Crippen molar-refractivity contribution in [3.05, 3.63) is 30.5 Å². The van der Waals surface area contributed by atoms with Gasteiger partial charge in [-0.2, -0.15) is 0 Å². The Morgan fingerprint density at radius 3 is 2.82 bits per heavy atom. The highest BCUT2D eigenvalue weighted by atomic mass is 16.4. The van der Waals surface area contributed by atoms with E-state index in [1.54, 1.807) is 4.57 Å². The third-order valence-corrected chi connectivity index (χ3v) is 4.73. The number of amidine groups is 1. The van der Waals surface area contributed by atoms with Gasteiger partial charge in [0.25, 0.3) is 0 Å². The molecule has 1 saturated carbocycles. The van der Waals surface area contributed by atoms with E-state index in [9.17, 15) is 4.79 Å². The van der Waals surface area contributed by atoms with E-state index < -0.39 is 5.97 Å². The van der Waals surface area contributed by atoms with Crippen LogP contribution in [-0.4, -0.2) is 55.5 Å². The van der Waals surface area contributed by atoms with Crippen LogP contribution in [-0.2, 0) is 6.67 Å². The van der Waals surface area contributed by atoms with Crippen LogP contribution in [0.2, 0.25) is 0 Å². The zero-order valence-corrected chi connectivity index (χ0v) is 12.5. The quantitative estimate of drug-likeness (QED) is 0.908. The molecule has 4 rings (SSSR count). The van der Waals surface area contributed by atoms with Crippen molar-refractivity contribution in [1.82, 2.24) is 19.4 Å². The van der Waals surface area contributed by atoms with E-state index >= 15 is 0 Å². The molecule has 0 amide bonds. The zero-order chi connectivity index (χ0) is 15.3. The molecule has 1 unspecified atom stereocenters. The molecule has 3 heterocycles. The summed E-state index contributed by atoms with van der Waals surface area (Å²) in [6, 6.07) is 0. The number of aromatic carboxylic acids is 1. The fourth-order valence-corrected chi connectivity index (χ4v) is 3.10. The predicted octanol–water partition coefficient (Wildman–Crippen LogP) is 1.21. The second-order valence-corrected chi connectivity index (χ2v) is 6.52. The smallest absolute Gasteiger partial charge is 0.356 e. The molecule has 7 nitrogen and oxygen atoms in total. The molecule has 3 aliphatic rings. The Labute approximate surface area is 128 Å². The predicted molar refractivity (Wildman–Crippen MR) is 80.3 cm³/mol. The molecule has 1 aromatic heterocycles. The van der Waals surface area contributed by atoms with Crippen LogP contribution in [0.25, 0.3) is 0 Å². The van der Waals surface area contributed by atoms with E-state index in [1.165, 1.54) is 25.4 Å². The third kappa shape index (κ3) is 2.26. The van der Waals surface area contributed by atoms with Crippen molar-refractivity contribution in [1.29, 1.82) is 0 Å². The normalized spacial score (nSPS) is 25.1. The fourth-order valence-electron chi connectivity index (χ4n) is 3.10. The molecule has 1 N–H and O–H groups in total. The van der Waals surface area contributed by atoms with Gasteiger partial charge in [0, 0.05) is 30.9 Å². The Kier molecular flexibility index (Phi) is 2.79. The second kappa shape index (κ2) is 4.59. The molecule has 22 heavy (non-hydrogen) atoms. The molecule has 0 bridgehead atoms. The number of rotatable bonds is 3. The monoisotopic (exact) mass is 301 g/mol. The molecule has 1 aliphatic carbocycles. The molecule has 1 aromatic rings. The van der Waals surface area contributed by atoms with Gasteiger partial charge in [0.15, 0.2) is 5.69 Å². The maximum atomic E-state index is 10.9. The molecule has 1 atom stereocenters. The maximum absolute atomic E-state index is 10.9. The minimum absolute atomic E-state index is 0.0337. The van der Waals surface area contributed by atoms with Gasteiger partial charge in [-0.15, -0.1) is 0 Å². The lowest BCUT2D eigenvalue weighted by molar-refractivity contribution is 0.0691. The average molecular weight is 301 g/mol. The number of carboxylic acid groups (broad SMARTS) is 1. The first-order chi connectivity index (χ1) is 10.5. The summed E-state index contributed by atoms with van der Waals surface area (Å²) in [5.41, 5.74) is 0.689. The average Bonchev–Trinajstić information content (AvgIpc) is 3.11. The SMILES string of the molecule is CC1N=C(N2CC3(CC3)C2)C=CN1Cn1cnc(C(=O)O)c1. The van der Waals surface area contributed by atoms with E-state index in [0.29, 0.717) is 12.1 Å². The van der Waals surface area contributed by atoms with E-state index in [0.717, 1.165) is 18.9 Å². The lowest BCUT2D eigenvalue weighted by Gasteiger charge is -2.43. The minimum atomic E-state index is -1.01. The van der Waals surface area contributed by atoms with Gasteiger partial charge in [0.05, 0.1) is 13.0 Å². The molecule has 1 spiro atoms. The minimum Gasteiger partial charge on any atom is -0.476 e. The van der Waals surface area contributed by atoms with Crippen LogP contribution in [0.4, 0.5) is 0 Å². The maximum Gasteiger partial charge on any atom is 0.356 e. The highest BCUT2D eigenvalue weighted by molar-refractivity contribution is 5.94. The molecule has 2 fully saturated rings. The Bertz CT molecular complexity index is 665. The van der Waals surface area contributed by atoms with E-state index in [2.05, 4.69) is 14.8 Å². The molecular formula is C15H19N5O2. The summed E-state index contributed by atoms with van der Waals surface area (Å²) < 4.78 is 1.76. The van der Waals surface area contributed by atoms with Crippen molar-refractivity contribution in [2.75, 3.05) is 13.1 Å². The van der Waals surface area contributed by atoms with Gasteiger partial charge in [-0.05, 0) is 25.8 Å². The van der Waals surface area contributed by atoms with Crippen molar-refractivity contribution in [3.8, 4) is 0 Å². The Morgan fingerprint density at radius 1 is 1.45 bits per heavy atom. The van der Waals surface area contributed by atoms with Gasteiger partial charge in [-0.25, -0.2) is 14.8 Å². The van der Waals surface area contributed by atoms with Crippen molar-refractivity contribution < 1.29 is 9.90 Å². The van der Waals surface area contributed by atoms with Gasteiger partial charge in [-0.1, -0.05) is 0 Å². The van der Waals surface area contributed by atoms with E-state index in [-0.39, 0.29) is 11.9 Å². The molecule has 7 heteroatoms. The van der Waals surface area contributed by atoms with Crippen molar-refractivity contribution >= 4 is 11.8 Å². The van der Waals surface area contributed by atoms with Gasteiger partial charge < -0.3 is 19.5 Å². The van der Waals surface area contributed by atoms with E-state index in [4.69, 9.17) is 10.1 Å². The van der Waals surface area contributed by atoms with Crippen LogP contribution in [0.1, 0.15) is 30.3 Å². The number of carboxylic acids is 1. The standard InChI is InChI=1S/C15H19N5O2/c1-11-17-13(20-7-15(8-20)3-4-15)2-5-19(11)10-18-6-12(14(21)22)16-9-18/h2,5-6,9,11H,3-4,7-8,10H2,1H3,(H,21,22). The zero-order valence-electron chi connectivity index (χ0n) is 12.5. The summed E-state index contributed by atoms with van der Waals surface area (Å²) >= 11 is 0. The Hall–Kier alpha value is -2.31. The van der Waals surface area contributed by atoms with Crippen LogP contribution in [0.3, 0.4) is 0 Å². The summed E-state index contributed by atoms with van der Waals surface area (Å²) in [4.78, 5) is 23.9. The summed E-state index contributed by atoms with van der Waals surface area (Å²) in [6.45, 7) is 4.88. The largest absolute Gasteiger partial charge is 0.476 e. The fraction of sp³-hybridized carbons (Fsp3) is 0.533. The number of carbonyl (C=O) groups is 1. The van der Waals surface area contributed by atoms with Crippen LogP contribution in [0.5, 0.6) is 0 Å². The lowest BCUT2D eigenvalue weighted by Crippen LogP contribution is -2.52. The molecular weight excluding hydrogens is 282 g/mol. The number of hydrogen-bond donors (Lipinski definition) is 1. The lowest BCUT2D eigenvalue weighted by atomic mass is 9.96. The first-order valence-electron chi connectivity index (χ1n) is 7.56. The number of aromatic nitrogens is 2. The number of likely N-dealkylation sites (tertiary alicyclic amines) is 1. The summed E-state index contributed by atoms with van der Waals surface area (Å²) in [7, 11) is 0. The summed E-state index contributed by atoms with van der Waals surface area (Å²) in [5.74, 6) is 0.0613. The number of nitrogens with zero attached hydrogens (tertiary/aromatic N) is 5. The first kappa shape index (κ1) is 13.4. The topological polar surface area (TPSA) is 74.0 Å². The van der Waals surface area contributed by atoms with Crippen LogP contribution in [0.15, 0.2) is 29.8 Å². The molecule has 0 radical (unpaired) electrons. The van der Waals surface area contributed by atoms with Crippen molar-refractivity contribution in [3.63, 3.8) is 0 Å². The highest BCUT2D eigenvalue weighted by Crippen LogP contribution is 2.53. The van der Waals surface area contributed by atoms with Crippen molar-refractivity contribution in [2.45, 2.75) is 32.6 Å². The number of aliphatic imine (C=N–C) groups is 1. The second-order valence-electron chi connectivity index (χ2n) is 6.52. The molecule has 2 aliphatic heterocycles. The summed E-state index contributed by atoms with van der Waals surface area (Å²) in [6.07, 6.45) is 9.93. The van der Waals surface area contributed by atoms with Gasteiger partial charge in [-0.3, -0.25) is 0 Å². The molecule has 116 valence electrons. The first-order valence-corrected chi connectivity index (χ1v) is 7.56. The Balaban J connectivity index is 1.39. The van der Waals surface area contributed by atoms with Crippen molar-refractivity contribution in [2.24, 2.45) is 10.4 Å². The Morgan fingerprint density at radius 2 is 2.23 bits per heavy atom. The molecule has 0 aromatic carbocycles. The molecule has 1 saturated heterocycles. The van der Waals surface area contributed by atoms with Crippen LogP contribution < -0.4 is 0 Å². The summed E-state index contributed by atoms with van der Waals surface area (Å²) in [5, 5.41) is 8.90. The third-order valence-electron chi connectivity index (χ3n) is 4.73. The van der Waals surface area contributed by atoms with Gasteiger partial charge in [0.1, 0.15) is 12.0 Å². The van der Waals surface area contributed by atoms with Crippen LogP contribution >= 0.6 is 0 Å².